The standard InChI is InChI=1S/C19H22N4O6/c1-4-29-18(25)14-10-20-23(11-14)19-21-15-9-13(17(24)27-3)5-6-16(15)22(19)12-28-8-7-26-2/h5-6,9-11H,4,7-8,12H2,1-3H3. The Kier molecular flexibility index (Phi) is 6.57. The van der Waals surface area contributed by atoms with E-state index in [0.29, 0.717) is 35.8 Å². The summed E-state index contributed by atoms with van der Waals surface area (Å²) < 4.78 is 23.7. The molecule has 0 aliphatic rings. The summed E-state index contributed by atoms with van der Waals surface area (Å²) in [5.41, 5.74) is 1.98. The van der Waals surface area contributed by atoms with Gasteiger partial charge in [0.2, 0.25) is 5.95 Å². The maximum absolute atomic E-state index is 12.0. The first-order valence-corrected chi connectivity index (χ1v) is 8.96. The lowest BCUT2D eigenvalue weighted by atomic mass is 10.2. The number of carbonyl (C=O) groups excluding carboxylic acids is 2. The number of nitrogens with zero attached hydrogens (tertiary/aromatic N) is 4. The van der Waals surface area contributed by atoms with E-state index in [1.165, 1.54) is 24.2 Å². The second-order valence-corrected chi connectivity index (χ2v) is 5.96. The van der Waals surface area contributed by atoms with Crippen molar-refractivity contribution in [1.29, 1.82) is 0 Å². The van der Waals surface area contributed by atoms with Crippen molar-refractivity contribution in [1.82, 2.24) is 19.3 Å². The zero-order valence-corrected chi connectivity index (χ0v) is 16.5. The van der Waals surface area contributed by atoms with Crippen molar-refractivity contribution in [2.75, 3.05) is 34.0 Å². The summed E-state index contributed by atoms with van der Waals surface area (Å²) in [7, 11) is 2.91. The van der Waals surface area contributed by atoms with Crippen molar-refractivity contribution >= 4 is 23.0 Å². The number of imidazole rings is 1. The second kappa shape index (κ2) is 9.30. The predicted molar refractivity (Wildman–Crippen MR) is 102 cm³/mol. The lowest BCUT2D eigenvalue weighted by molar-refractivity contribution is 0.0356. The molecule has 0 N–H and O–H groups in total. The average Bonchev–Trinajstić information content (AvgIpc) is 3.35. The van der Waals surface area contributed by atoms with E-state index < -0.39 is 11.9 Å². The van der Waals surface area contributed by atoms with Crippen LogP contribution < -0.4 is 0 Å². The van der Waals surface area contributed by atoms with Gasteiger partial charge in [0, 0.05) is 13.3 Å². The smallest absolute Gasteiger partial charge is 0.341 e. The van der Waals surface area contributed by atoms with Crippen LogP contribution in [0.3, 0.4) is 0 Å². The van der Waals surface area contributed by atoms with Crippen LogP contribution in [0.5, 0.6) is 0 Å². The molecule has 0 radical (unpaired) electrons. The van der Waals surface area contributed by atoms with Gasteiger partial charge in [0.05, 0.1) is 55.3 Å². The summed E-state index contributed by atoms with van der Waals surface area (Å²) in [4.78, 5) is 28.4. The summed E-state index contributed by atoms with van der Waals surface area (Å²) in [6.45, 7) is 3.03. The van der Waals surface area contributed by atoms with Gasteiger partial charge in [0.1, 0.15) is 6.73 Å². The highest BCUT2D eigenvalue weighted by atomic mass is 16.5. The van der Waals surface area contributed by atoms with E-state index in [1.54, 1.807) is 36.8 Å². The molecular weight excluding hydrogens is 380 g/mol. The van der Waals surface area contributed by atoms with Gasteiger partial charge in [-0.3, -0.25) is 4.57 Å². The molecule has 2 aromatic heterocycles. The van der Waals surface area contributed by atoms with Crippen LogP contribution in [0.25, 0.3) is 17.0 Å². The molecule has 29 heavy (non-hydrogen) atoms. The van der Waals surface area contributed by atoms with E-state index in [4.69, 9.17) is 18.9 Å². The summed E-state index contributed by atoms with van der Waals surface area (Å²) >= 11 is 0. The summed E-state index contributed by atoms with van der Waals surface area (Å²) in [5, 5.41) is 4.22. The van der Waals surface area contributed by atoms with Crippen molar-refractivity contribution in [3.63, 3.8) is 0 Å². The van der Waals surface area contributed by atoms with Crippen LogP contribution in [0.2, 0.25) is 0 Å². The van der Waals surface area contributed by atoms with E-state index in [0.717, 1.165) is 5.52 Å². The van der Waals surface area contributed by atoms with Crippen LogP contribution in [-0.4, -0.2) is 65.3 Å². The lowest BCUT2D eigenvalue weighted by Crippen LogP contribution is -2.12. The molecule has 0 fully saturated rings. The molecule has 0 aliphatic carbocycles. The van der Waals surface area contributed by atoms with Gasteiger partial charge in [-0.1, -0.05) is 0 Å². The Hall–Kier alpha value is -3.24. The molecular formula is C19H22N4O6. The van der Waals surface area contributed by atoms with Gasteiger partial charge < -0.3 is 18.9 Å². The fraction of sp³-hybridized carbons (Fsp3) is 0.368. The minimum atomic E-state index is -0.467. The lowest BCUT2D eigenvalue weighted by Gasteiger charge is -2.10. The first kappa shape index (κ1) is 20.5. The second-order valence-electron chi connectivity index (χ2n) is 5.96. The number of carbonyl (C=O) groups is 2. The summed E-state index contributed by atoms with van der Waals surface area (Å²) in [6, 6.07) is 5.04. The monoisotopic (exact) mass is 402 g/mol. The van der Waals surface area contributed by atoms with Crippen molar-refractivity contribution in [3.8, 4) is 5.95 Å². The molecule has 3 rings (SSSR count). The molecule has 2 heterocycles. The Morgan fingerprint density at radius 1 is 1.10 bits per heavy atom. The fourth-order valence-electron chi connectivity index (χ4n) is 2.71. The van der Waals surface area contributed by atoms with Crippen molar-refractivity contribution in [2.24, 2.45) is 0 Å². The number of benzene rings is 1. The van der Waals surface area contributed by atoms with Gasteiger partial charge in [-0.2, -0.15) is 5.10 Å². The van der Waals surface area contributed by atoms with Crippen molar-refractivity contribution in [3.05, 3.63) is 41.7 Å². The summed E-state index contributed by atoms with van der Waals surface area (Å²) in [5.74, 6) is -0.497. The number of aromatic nitrogens is 4. The average molecular weight is 402 g/mol. The molecule has 0 atom stereocenters. The molecule has 3 aromatic rings. The first-order valence-electron chi connectivity index (χ1n) is 8.96. The quantitative estimate of drug-likeness (QED) is 0.394. The highest BCUT2D eigenvalue weighted by Gasteiger charge is 2.18. The Morgan fingerprint density at radius 3 is 2.66 bits per heavy atom. The molecule has 0 saturated carbocycles. The maximum Gasteiger partial charge on any atom is 0.341 e. The minimum Gasteiger partial charge on any atom is -0.465 e. The normalized spacial score (nSPS) is 11.0. The molecule has 0 spiro atoms. The van der Waals surface area contributed by atoms with Crippen LogP contribution in [0.4, 0.5) is 0 Å². The van der Waals surface area contributed by atoms with Crippen molar-refractivity contribution < 1.29 is 28.5 Å². The van der Waals surface area contributed by atoms with Crippen LogP contribution in [0, 0.1) is 0 Å². The number of methoxy groups -OCH3 is 2. The summed E-state index contributed by atoms with van der Waals surface area (Å²) in [6.07, 6.45) is 2.94. The van der Waals surface area contributed by atoms with Crippen LogP contribution >= 0.6 is 0 Å². The van der Waals surface area contributed by atoms with Gasteiger partial charge in [-0.25, -0.2) is 19.3 Å². The third-order valence-electron chi connectivity index (χ3n) is 4.10. The number of hydrogen-bond donors (Lipinski definition) is 0. The molecule has 1 aromatic carbocycles. The molecule has 0 bridgehead atoms. The Bertz CT molecular complexity index is 1010. The predicted octanol–water partition coefficient (Wildman–Crippen LogP) is 1.81. The third kappa shape index (κ3) is 4.44. The van der Waals surface area contributed by atoms with Gasteiger partial charge >= 0.3 is 11.9 Å². The molecule has 154 valence electrons. The SMILES string of the molecule is CCOC(=O)c1cnn(-c2nc3cc(C(=O)OC)ccc3n2COCCOC)c1. The van der Waals surface area contributed by atoms with Gasteiger partial charge in [0.15, 0.2) is 0 Å². The molecule has 10 heteroatoms. The molecule has 0 aliphatic heterocycles. The van der Waals surface area contributed by atoms with Crippen LogP contribution in [0.1, 0.15) is 27.6 Å². The Balaban J connectivity index is 2.01. The van der Waals surface area contributed by atoms with E-state index in [9.17, 15) is 9.59 Å². The first-order chi connectivity index (χ1) is 14.1. The van der Waals surface area contributed by atoms with E-state index >= 15 is 0 Å². The molecule has 10 nitrogen and oxygen atoms in total. The minimum absolute atomic E-state index is 0.182. The van der Waals surface area contributed by atoms with E-state index in [-0.39, 0.29) is 13.3 Å². The molecule has 0 amide bonds. The van der Waals surface area contributed by atoms with Gasteiger partial charge in [0.25, 0.3) is 0 Å². The van der Waals surface area contributed by atoms with Crippen molar-refractivity contribution in [2.45, 2.75) is 13.7 Å². The number of hydrogen-bond acceptors (Lipinski definition) is 8. The number of esters is 2. The number of rotatable bonds is 9. The zero-order valence-electron chi connectivity index (χ0n) is 16.5. The third-order valence-corrected chi connectivity index (χ3v) is 4.10. The van der Waals surface area contributed by atoms with Gasteiger partial charge in [-0.15, -0.1) is 0 Å². The topological polar surface area (TPSA) is 107 Å². The highest BCUT2D eigenvalue weighted by Crippen LogP contribution is 2.21. The molecule has 0 saturated heterocycles. The van der Waals surface area contributed by atoms with Crippen LogP contribution in [0.15, 0.2) is 30.6 Å². The Labute approximate surface area is 166 Å². The highest BCUT2D eigenvalue weighted by molar-refractivity contribution is 5.94. The maximum atomic E-state index is 12.0. The van der Waals surface area contributed by atoms with Crippen LogP contribution in [-0.2, 0) is 25.7 Å². The van der Waals surface area contributed by atoms with Gasteiger partial charge in [-0.05, 0) is 25.1 Å². The van der Waals surface area contributed by atoms with E-state index in [2.05, 4.69) is 10.1 Å². The fourth-order valence-corrected chi connectivity index (χ4v) is 2.71. The number of ether oxygens (including phenoxy) is 4. The Morgan fingerprint density at radius 2 is 1.93 bits per heavy atom. The number of fused-ring (bicyclic) bond motifs is 1. The zero-order chi connectivity index (χ0) is 20.8. The molecule has 0 unspecified atom stereocenters. The van der Waals surface area contributed by atoms with E-state index in [1.807, 2.05) is 0 Å². The largest absolute Gasteiger partial charge is 0.465 e.